The van der Waals surface area contributed by atoms with Crippen LogP contribution in [0.5, 0.6) is 0 Å². The van der Waals surface area contributed by atoms with E-state index in [1.165, 1.54) is 15.9 Å². The van der Waals surface area contributed by atoms with E-state index in [0.29, 0.717) is 0 Å². The van der Waals surface area contributed by atoms with Gasteiger partial charge in [0.2, 0.25) is 0 Å². The average Bonchev–Trinajstić information content (AvgIpc) is 2.65. The molecule has 23 heavy (non-hydrogen) atoms. The zero-order valence-corrected chi connectivity index (χ0v) is 15.8. The third-order valence-electron chi connectivity index (χ3n) is 4.22. The van der Waals surface area contributed by atoms with E-state index < -0.39 is 13.9 Å². The van der Waals surface area contributed by atoms with Crippen molar-refractivity contribution >= 4 is 41.1 Å². The van der Waals surface area contributed by atoms with E-state index in [-0.39, 0.29) is 0 Å². The third kappa shape index (κ3) is 3.09. The third-order valence-corrected chi connectivity index (χ3v) is 17.5. The van der Waals surface area contributed by atoms with Gasteiger partial charge in [-0.25, -0.2) is 0 Å². The van der Waals surface area contributed by atoms with Gasteiger partial charge in [0.05, 0.1) is 0 Å². The molecule has 0 aromatic heterocycles. The van der Waals surface area contributed by atoms with Crippen molar-refractivity contribution in [3.05, 3.63) is 91.0 Å². The Hall–Kier alpha value is -1.19. The summed E-state index contributed by atoms with van der Waals surface area (Å²) in [5.74, 6) is 0. The Labute approximate surface area is 145 Å². The molecule has 0 saturated heterocycles. The molecule has 3 aromatic rings. The first-order chi connectivity index (χ1) is 11.3. The summed E-state index contributed by atoms with van der Waals surface area (Å²) in [5, 5.41) is 4.21. The standard InChI is InChI=1S/C20H21ClP2/c1-2-22(21)23(18-12-6-3-7-13-18,19-14-8-4-9-15-19)20-16-10-5-11-17-20/h3-17,23H,2H2,1H3. The number of hydrogen-bond donors (Lipinski definition) is 0. The van der Waals surface area contributed by atoms with Gasteiger partial charge in [0.25, 0.3) is 0 Å². The predicted molar refractivity (Wildman–Crippen MR) is 110 cm³/mol. The summed E-state index contributed by atoms with van der Waals surface area (Å²) in [5.41, 5.74) is 0. The molecule has 0 heterocycles. The molecule has 0 radical (unpaired) electrons. The van der Waals surface area contributed by atoms with Gasteiger partial charge >= 0.3 is 145 Å². The van der Waals surface area contributed by atoms with Crippen LogP contribution in [-0.2, 0) is 0 Å². The van der Waals surface area contributed by atoms with Gasteiger partial charge in [-0.05, 0) is 0 Å². The van der Waals surface area contributed by atoms with E-state index in [4.69, 9.17) is 11.2 Å². The van der Waals surface area contributed by atoms with E-state index in [0.717, 1.165) is 6.16 Å². The average molecular weight is 359 g/mol. The van der Waals surface area contributed by atoms with Crippen molar-refractivity contribution in [3.8, 4) is 0 Å². The number of rotatable bonds is 5. The summed E-state index contributed by atoms with van der Waals surface area (Å²) in [4.78, 5) is 0. The Bertz CT molecular complexity index is 633. The van der Waals surface area contributed by atoms with Gasteiger partial charge in [-0.2, -0.15) is 0 Å². The SMILES string of the molecule is CCP(Cl)[PH](c1ccccc1)(c1ccccc1)c1ccccc1. The van der Waals surface area contributed by atoms with E-state index in [1.54, 1.807) is 0 Å². The molecule has 3 rings (SSSR count). The van der Waals surface area contributed by atoms with Crippen LogP contribution in [0.4, 0.5) is 0 Å². The maximum absolute atomic E-state index is 7.12. The fourth-order valence-corrected chi connectivity index (χ4v) is 15.5. The Morgan fingerprint density at radius 1 is 0.652 bits per heavy atom. The van der Waals surface area contributed by atoms with Gasteiger partial charge in [0.1, 0.15) is 0 Å². The fourth-order valence-electron chi connectivity index (χ4n) is 3.20. The normalized spacial score (nSPS) is 13.5. The molecule has 3 aromatic carbocycles. The minimum atomic E-state index is -2.20. The summed E-state index contributed by atoms with van der Waals surface area (Å²) in [6.07, 6.45) is 1.02. The Kier molecular flexibility index (Phi) is 5.50. The molecule has 0 aliphatic rings. The van der Waals surface area contributed by atoms with E-state index in [9.17, 15) is 0 Å². The molecule has 0 spiro atoms. The van der Waals surface area contributed by atoms with Gasteiger partial charge in [0.15, 0.2) is 0 Å². The molecule has 0 aliphatic carbocycles. The number of halogens is 1. The first-order valence-corrected chi connectivity index (χ1v) is 13.2. The van der Waals surface area contributed by atoms with Crippen LogP contribution in [0.3, 0.4) is 0 Å². The van der Waals surface area contributed by atoms with Crippen molar-refractivity contribution in [2.45, 2.75) is 6.92 Å². The molecular weight excluding hydrogens is 338 g/mol. The van der Waals surface area contributed by atoms with E-state index in [2.05, 4.69) is 97.9 Å². The molecule has 0 saturated carbocycles. The Morgan fingerprint density at radius 2 is 0.957 bits per heavy atom. The van der Waals surface area contributed by atoms with E-state index in [1.807, 2.05) is 0 Å². The quantitative estimate of drug-likeness (QED) is 0.544. The summed E-state index contributed by atoms with van der Waals surface area (Å²) < 4.78 is 0. The van der Waals surface area contributed by atoms with Crippen LogP contribution in [0.25, 0.3) is 0 Å². The molecule has 0 fully saturated rings. The van der Waals surface area contributed by atoms with Crippen molar-refractivity contribution in [3.63, 3.8) is 0 Å². The molecule has 1 atom stereocenters. The Morgan fingerprint density at radius 3 is 1.22 bits per heavy atom. The minimum absolute atomic E-state index is 0.644. The van der Waals surface area contributed by atoms with Crippen molar-refractivity contribution in [2.24, 2.45) is 0 Å². The summed E-state index contributed by atoms with van der Waals surface area (Å²) in [6, 6.07) is 32.7. The van der Waals surface area contributed by atoms with Crippen LogP contribution in [0.1, 0.15) is 6.92 Å². The van der Waals surface area contributed by atoms with Gasteiger partial charge in [-0.3, -0.25) is 0 Å². The summed E-state index contributed by atoms with van der Waals surface area (Å²) in [7, 11) is 0. The monoisotopic (exact) mass is 358 g/mol. The van der Waals surface area contributed by atoms with Crippen LogP contribution in [0.2, 0.25) is 0 Å². The molecule has 0 aliphatic heterocycles. The molecule has 0 bridgehead atoms. The summed E-state index contributed by atoms with van der Waals surface area (Å²) >= 11 is 7.12. The van der Waals surface area contributed by atoms with Crippen LogP contribution >= 0.6 is 25.2 Å². The molecule has 0 nitrogen and oxygen atoms in total. The van der Waals surface area contributed by atoms with Gasteiger partial charge in [0, 0.05) is 0 Å². The molecule has 118 valence electrons. The van der Waals surface area contributed by atoms with Gasteiger partial charge < -0.3 is 0 Å². The number of benzene rings is 3. The Balaban J connectivity index is 2.35. The first kappa shape index (κ1) is 16.7. The first-order valence-electron chi connectivity index (χ1n) is 7.90. The summed E-state index contributed by atoms with van der Waals surface area (Å²) in [6.45, 7) is -0.623. The predicted octanol–water partition coefficient (Wildman–Crippen LogP) is 5.28. The molecular formula is C20H21ClP2. The second-order valence-corrected chi connectivity index (χ2v) is 15.7. The second kappa shape index (κ2) is 7.59. The zero-order chi connectivity index (χ0) is 16.1. The number of hydrogen-bond acceptors (Lipinski definition) is 0. The van der Waals surface area contributed by atoms with Crippen LogP contribution < -0.4 is 15.9 Å². The van der Waals surface area contributed by atoms with Gasteiger partial charge in [-0.1, -0.05) is 0 Å². The van der Waals surface area contributed by atoms with Crippen molar-refractivity contribution in [1.29, 1.82) is 0 Å². The van der Waals surface area contributed by atoms with Crippen molar-refractivity contribution < 1.29 is 0 Å². The second-order valence-electron chi connectivity index (χ2n) is 5.49. The molecule has 0 N–H and O–H groups in total. The molecule has 0 amide bonds. The topological polar surface area (TPSA) is 0 Å². The van der Waals surface area contributed by atoms with Crippen LogP contribution in [0, 0.1) is 0 Å². The fraction of sp³-hybridized carbons (Fsp3) is 0.100. The molecule has 1 unspecified atom stereocenters. The van der Waals surface area contributed by atoms with Crippen molar-refractivity contribution in [2.75, 3.05) is 6.16 Å². The van der Waals surface area contributed by atoms with E-state index >= 15 is 0 Å². The maximum atomic E-state index is 7.12. The molecule has 3 heteroatoms. The van der Waals surface area contributed by atoms with Crippen LogP contribution in [-0.4, -0.2) is 6.16 Å². The van der Waals surface area contributed by atoms with Crippen molar-refractivity contribution in [1.82, 2.24) is 0 Å². The zero-order valence-electron chi connectivity index (χ0n) is 13.2. The van der Waals surface area contributed by atoms with Gasteiger partial charge in [-0.15, -0.1) is 0 Å². The van der Waals surface area contributed by atoms with Crippen LogP contribution in [0.15, 0.2) is 91.0 Å².